The minimum atomic E-state index is -0.380. The number of fused-ring (bicyclic) bond motifs is 1. The Labute approximate surface area is 128 Å². The van der Waals surface area contributed by atoms with Crippen LogP contribution < -0.4 is 5.76 Å². The molecule has 0 bridgehead atoms. The van der Waals surface area contributed by atoms with E-state index in [1.807, 2.05) is 17.0 Å². The van der Waals surface area contributed by atoms with Crippen molar-refractivity contribution in [2.75, 3.05) is 32.7 Å². The van der Waals surface area contributed by atoms with E-state index in [1.54, 1.807) is 13.1 Å². The highest BCUT2D eigenvalue weighted by atomic mass is 16.4. The van der Waals surface area contributed by atoms with Crippen LogP contribution >= 0.6 is 0 Å². The Kier molecular flexibility index (Phi) is 4.02. The number of aryl methyl sites for hydroxylation is 1. The van der Waals surface area contributed by atoms with Crippen LogP contribution in [0.3, 0.4) is 0 Å². The summed E-state index contributed by atoms with van der Waals surface area (Å²) in [5, 5.41) is 0. The van der Waals surface area contributed by atoms with Crippen molar-refractivity contribution in [3.05, 3.63) is 34.3 Å². The quantitative estimate of drug-likeness (QED) is 0.843. The SMILES string of the molecule is CCN1CCN(C(=O)Cc2ccc3oc(=O)n(C)c3c2)CC1. The normalized spacial score (nSPS) is 16.4. The molecule has 0 spiro atoms. The lowest BCUT2D eigenvalue weighted by atomic mass is 10.1. The molecule has 0 atom stereocenters. The van der Waals surface area contributed by atoms with Gasteiger partial charge in [-0.15, -0.1) is 0 Å². The maximum Gasteiger partial charge on any atom is 0.419 e. The second-order valence-corrected chi connectivity index (χ2v) is 5.72. The van der Waals surface area contributed by atoms with Gasteiger partial charge in [0.1, 0.15) is 0 Å². The topological polar surface area (TPSA) is 58.7 Å². The fourth-order valence-electron chi connectivity index (χ4n) is 2.88. The maximum atomic E-state index is 12.4. The van der Waals surface area contributed by atoms with Crippen molar-refractivity contribution in [2.24, 2.45) is 7.05 Å². The van der Waals surface area contributed by atoms with Crippen LogP contribution in [0.4, 0.5) is 0 Å². The number of amides is 1. The molecule has 118 valence electrons. The van der Waals surface area contributed by atoms with E-state index in [9.17, 15) is 9.59 Å². The molecule has 6 nitrogen and oxygen atoms in total. The molecule has 0 N–H and O–H groups in total. The van der Waals surface area contributed by atoms with Gasteiger partial charge in [0, 0.05) is 33.2 Å². The van der Waals surface area contributed by atoms with Crippen molar-refractivity contribution in [1.82, 2.24) is 14.4 Å². The summed E-state index contributed by atoms with van der Waals surface area (Å²) in [7, 11) is 1.67. The number of likely N-dealkylation sites (N-methyl/N-ethyl adjacent to an activating group) is 1. The van der Waals surface area contributed by atoms with Gasteiger partial charge >= 0.3 is 5.76 Å². The monoisotopic (exact) mass is 303 g/mol. The summed E-state index contributed by atoms with van der Waals surface area (Å²) in [5.41, 5.74) is 2.19. The lowest BCUT2D eigenvalue weighted by Gasteiger charge is -2.34. The van der Waals surface area contributed by atoms with E-state index in [4.69, 9.17) is 4.42 Å². The van der Waals surface area contributed by atoms with E-state index in [0.717, 1.165) is 43.8 Å². The number of piperazine rings is 1. The van der Waals surface area contributed by atoms with Gasteiger partial charge in [-0.25, -0.2) is 4.79 Å². The molecule has 0 unspecified atom stereocenters. The van der Waals surface area contributed by atoms with Gasteiger partial charge in [0.2, 0.25) is 5.91 Å². The molecule has 1 fully saturated rings. The highest BCUT2D eigenvalue weighted by Gasteiger charge is 2.20. The summed E-state index contributed by atoms with van der Waals surface area (Å²) in [5.74, 6) is -0.238. The lowest BCUT2D eigenvalue weighted by molar-refractivity contribution is -0.132. The number of aromatic nitrogens is 1. The molecule has 2 aromatic rings. The van der Waals surface area contributed by atoms with E-state index in [-0.39, 0.29) is 11.7 Å². The first-order valence-electron chi connectivity index (χ1n) is 7.67. The smallest absolute Gasteiger partial charge is 0.408 e. The number of rotatable bonds is 3. The van der Waals surface area contributed by atoms with Crippen LogP contribution in [0.25, 0.3) is 11.1 Å². The molecule has 1 saturated heterocycles. The fraction of sp³-hybridized carbons (Fsp3) is 0.500. The van der Waals surface area contributed by atoms with Gasteiger partial charge < -0.3 is 14.2 Å². The number of hydrogen-bond donors (Lipinski definition) is 0. The Morgan fingerprint density at radius 1 is 1.23 bits per heavy atom. The Hall–Kier alpha value is -2.08. The number of nitrogens with zero attached hydrogens (tertiary/aromatic N) is 3. The Balaban J connectivity index is 1.71. The Morgan fingerprint density at radius 2 is 1.95 bits per heavy atom. The standard InChI is InChI=1S/C16H21N3O3/c1-3-18-6-8-19(9-7-18)15(20)11-12-4-5-14-13(10-12)17(2)16(21)22-14/h4-5,10H,3,6-9,11H2,1-2H3. The first kappa shape index (κ1) is 14.8. The predicted octanol–water partition coefficient (Wildman–Crippen LogP) is 0.838. The van der Waals surface area contributed by atoms with Crippen LogP contribution in [0, 0.1) is 0 Å². The minimum Gasteiger partial charge on any atom is -0.408 e. The maximum absolute atomic E-state index is 12.4. The molecule has 3 rings (SSSR count). The molecule has 1 aromatic heterocycles. The van der Waals surface area contributed by atoms with Crippen LogP contribution in [0.2, 0.25) is 0 Å². The van der Waals surface area contributed by atoms with E-state index >= 15 is 0 Å². The van der Waals surface area contributed by atoms with Gasteiger partial charge in [-0.3, -0.25) is 9.36 Å². The fourth-order valence-corrected chi connectivity index (χ4v) is 2.88. The molecule has 0 aliphatic carbocycles. The Bertz CT molecular complexity index is 739. The van der Waals surface area contributed by atoms with Gasteiger partial charge in [0.05, 0.1) is 11.9 Å². The van der Waals surface area contributed by atoms with Crippen molar-refractivity contribution < 1.29 is 9.21 Å². The third kappa shape index (κ3) is 2.78. The Morgan fingerprint density at radius 3 is 2.64 bits per heavy atom. The predicted molar refractivity (Wildman–Crippen MR) is 83.9 cm³/mol. The summed E-state index contributed by atoms with van der Waals surface area (Å²) in [6, 6.07) is 5.47. The minimum absolute atomic E-state index is 0.142. The molecule has 1 aromatic carbocycles. The van der Waals surface area contributed by atoms with E-state index in [0.29, 0.717) is 12.0 Å². The molecule has 0 saturated carbocycles. The van der Waals surface area contributed by atoms with Crippen molar-refractivity contribution >= 4 is 17.0 Å². The summed E-state index contributed by atoms with van der Waals surface area (Å²) < 4.78 is 6.57. The number of carbonyl (C=O) groups is 1. The van der Waals surface area contributed by atoms with Crippen LogP contribution in [0.5, 0.6) is 0 Å². The van der Waals surface area contributed by atoms with E-state index in [2.05, 4.69) is 11.8 Å². The van der Waals surface area contributed by atoms with E-state index < -0.39 is 0 Å². The van der Waals surface area contributed by atoms with Crippen molar-refractivity contribution in [1.29, 1.82) is 0 Å². The van der Waals surface area contributed by atoms with Crippen LogP contribution in [-0.2, 0) is 18.3 Å². The highest BCUT2D eigenvalue weighted by Crippen LogP contribution is 2.15. The largest absolute Gasteiger partial charge is 0.419 e. The van der Waals surface area contributed by atoms with Gasteiger partial charge in [-0.05, 0) is 24.2 Å². The molecule has 1 amide bonds. The third-order valence-corrected chi connectivity index (χ3v) is 4.38. The van der Waals surface area contributed by atoms with Crippen LogP contribution in [0.1, 0.15) is 12.5 Å². The summed E-state index contributed by atoms with van der Waals surface area (Å²) in [4.78, 5) is 28.2. The molecule has 0 radical (unpaired) electrons. The number of hydrogen-bond acceptors (Lipinski definition) is 4. The summed E-state index contributed by atoms with van der Waals surface area (Å²) >= 11 is 0. The van der Waals surface area contributed by atoms with Gasteiger partial charge in [-0.2, -0.15) is 0 Å². The zero-order chi connectivity index (χ0) is 15.7. The third-order valence-electron chi connectivity index (χ3n) is 4.38. The molecule has 6 heteroatoms. The van der Waals surface area contributed by atoms with Crippen LogP contribution in [0.15, 0.2) is 27.4 Å². The molecule has 2 heterocycles. The van der Waals surface area contributed by atoms with Gasteiger partial charge in [0.25, 0.3) is 0 Å². The lowest BCUT2D eigenvalue weighted by Crippen LogP contribution is -2.48. The summed E-state index contributed by atoms with van der Waals surface area (Å²) in [6.45, 7) is 6.64. The van der Waals surface area contributed by atoms with E-state index in [1.165, 1.54) is 4.57 Å². The first-order valence-corrected chi connectivity index (χ1v) is 7.67. The average Bonchev–Trinajstić information content (AvgIpc) is 2.82. The molecule has 22 heavy (non-hydrogen) atoms. The number of oxazole rings is 1. The van der Waals surface area contributed by atoms with Gasteiger partial charge in [0.15, 0.2) is 5.58 Å². The van der Waals surface area contributed by atoms with Crippen molar-refractivity contribution in [3.63, 3.8) is 0 Å². The van der Waals surface area contributed by atoms with Crippen molar-refractivity contribution in [3.8, 4) is 0 Å². The van der Waals surface area contributed by atoms with Crippen LogP contribution in [-0.4, -0.2) is 53.0 Å². The second kappa shape index (κ2) is 5.96. The highest BCUT2D eigenvalue weighted by molar-refractivity contribution is 5.81. The van der Waals surface area contributed by atoms with Crippen molar-refractivity contribution in [2.45, 2.75) is 13.3 Å². The summed E-state index contributed by atoms with van der Waals surface area (Å²) in [6.07, 6.45) is 0.363. The molecular weight excluding hydrogens is 282 g/mol. The number of benzene rings is 1. The number of carbonyl (C=O) groups excluding carboxylic acids is 1. The first-order chi connectivity index (χ1) is 10.6. The average molecular weight is 303 g/mol. The molecular formula is C16H21N3O3. The van der Waals surface area contributed by atoms with Gasteiger partial charge in [-0.1, -0.05) is 13.0 Å². The molecule has 1 aliphatic rings. The zero-order valence-electron chi connectivity index (χ0n) is 13.0. The second-order valence-electron chi connectivity index (χ2n) is 5.72. The molecule has 1 aliphatic heterocycles. The zero-order valence-corrected chi connectivity index (χ0v) is 13.0.